The lowest BCUT2D eigenvalue weighted by molar-refractivity contribution is -0.139. The van der Waals surface area contributed by atoms with Crippen LogP contribution in [-0.4, -0.2) is 23.1 Å². The van der Waals surface area contributed by atoms with E-state index in [-0.39, 0.29) is 28.2 Å². The van der Waals surface area contributed by atoms with Gasteiger partial charge in [0, 0.05) is 16.3 Å². The summed E-state index contributed by atoms with van der Waals surface area (Å²) in [6.07, 6.45) is 1.31. The molecule has 38 heavy (non-hydrogen) atoms. The minimum absolute atomic E-state index is 0.201. The van der Waals surface area contributed by atoms with Gasteiger partial charge in [-0.3, -0.25) is 14.2 Å². The van der Waals surface area contributed by atoms with Gasteiger partial charge in [0.1, 0.15) is 4.53 Å². The fraction of sp³-hybridized carbons (Fsp3) is 0.310. The highest BCUT2D eigenvalue weighted by atomic mass is 35.5. The quantitative estimate of drug-likeness (QED) is 0.452. The first-order chi connectivity index (χ1) is 18.2. The molecule has 1 N–H and O–H groups in total. The van der Waals surface area contributed by atoms with Gasteiger partial charge in [-0.15, -0.1) is 0 Å². The number of hydrogen-bond acceptors (Lipinski definition) is 6. The molecule has 7 nitrogen and oxygen atoms in total. The fourth-order valence-electron chi connectivity index (χ4n) is 4.91. The molecule has 5 rings (SSSR count). The minimum Gasteiger partial charge on any atom is -0.463 e. The van der Waals surface area contributed by atoms with Crippen LogP contribution >= 0.6 is 22.9 Å². The van der Waals surface area contributed by atoms with Crippen molar-refractivity contribution >= 4 is 46.1 Å². The third kappa shape index (κ3) is 4.41. The van der Waals surface area contributed by atoms with Gasteiger partial charge in [0.2, 0.25) is 0 Å². The molecule has 2 aliphatic rings. The van der Waals surface area contributed by atoms with E-state index in [2.05, 4.69) is 19.2 Å². The number of halogens is 1. The Morgan fingerprint density at radius 1 is 1.16 bits per heavy atom. The lowest BCUT2D eigenvalue weighted by atomic mass is 9.92. The molecule has 1 amide bonds. The topological polar surface area (TPSA) is 89.8 Å². The van der Waals surface area contributed by atoms with Crippen LogP contribution in [0.1, 0.15) is 69.2 Å². The summed E-state index contributed by atoms with van der Waals surface area (Å²) >= 11 is 7.38. The third-order valence-electron chi connectivity index (χ3n) is 6.74. The monoisotopic (exact) mass is 549 g/mol. The van der Waals surface area contributed by atoms with Crippen molar-refractivity contribution in [1.82, 2.24) is 4.57 Å². The molecule has 0 saturated heterocycles. The first kappa shape index (κ1) is 26.1. The second-order valence-electron chi connectivity index (χ2n) is 9.57. The first-order valence-electron chi connectivity index (χ1n) is 12.7. The third-order valence-corrected chi connectivity index (χ3v) is 8.03. The minimum atomic E-state index is -0.731. The van der Waals surface area contributed by atoms with Crippen LogP contribution in [0, 0.1) is 0 Å². The average Bonchev–Trinajstić information content (AvgIpc) is 3.38. The van der Waals surface area contributed by atoms with Crippen LogP contribution in [0.25, 0.3) is 5.57 Å². The van der Waals surface area contributed by atoms with Crippen molar-refractivity contribution < 1.29 is 14.3 Å². The molecule has 1 atom stereocenters. The molecule has 0 unspecified atom stereocenters. The number of carbonyl (C=O) groups excluding carboxylic acids is 2. The standard InChI is InChI=1S/C29H28ClN3O4S/c1-5-7-21-23(28(36)37-6-2)24(17-10-8-16(9-11-17)15(3)4)33-27(35)25(38-29(33)32-21)22-19-14-18(30)12-13-20(19)31-26(22)34/h8-15,24H,5-7H2,1-4H3,(H,31,34)/b25-22-/t24-/m0/s1. The fourth-order valence-corrected chi connectivity index (χ4v) is 6.20. The normalized spacial score (nSPS) is 17.7. The summed E-state index contributed by atoms with van der Waals surface area (Å²) in [7, 11) is 0. The maximum atomic E-state index is 14.1. The van der Waals surface area contributed by atoms with Gasteiger partial charge in [0.15, 0.2) is 4.80 Å². The Labute approximate surface area is 229 Å². The molecule has 196 valence electrons. The molecule has 0 spiro atoms. The highest BCUT2D eigenvalue weighted by Gasteiger charge is 2.36. The van der Waals surface area contributed by atoms with Crippen molar-refractivity contribution in [2.24, 2.45) is 4.99 Å². The summed E-state index contributed by atoms with van der Waals surface area (Å²) in [6.45, 7) is 8.19. The highest BCUT2D eigenvalue weighted by Crippen LogP contribution is 2.35. The van der Waals surface area contributed by atoms with Crippen LogP contribution in [0.4, 0.5) is 5.69 Å². The predicted octanol–water partition coefficient (Wildman–Crippen LogP) is 4.68. The maximum absolute atomic E-state index is 14.1. The first-order valence-corrected chi connectivity index (χ1v) is 13.9. The summed E-state index contributed by atoms with van der Waals surface area (Å²) in [6, 6.07) is 12.3. The highest BCUT2D eigenvalue weighted by molar-refractivity contribution is 7.07. The van der Waals surface area contributed by atoms with Gasteiger partial charge in [-0.05, 0) is 48.6 Å². The van der Waals surface area contributed by atoms with Crippen LogP contribution < -0.4 is 20.2 Å². The Balaban J connectivity index is 1.82. The zero-order valence-electron chi connectivity index (χ0n) is 21.6. The van der Waals surface area contributed by atoms with Crippen LogP contribution in [-0.2, 0) is 14.3 Å². The molecule has 0 fully saturated rings. The van der Waals surface area contributed by atoms with Crippen LogP contribution in [0.15, 0.2) is 63.5 Å². The van der Waals surface area contributed by atoms with Gasteiger partial charge in [-0.2, -0.15) is 0 Å². The van der Waals surface area contributed by atoms with Crippen molar-refractivity contribution in [2.45, 2.75) is 52.5 Å². The molecule has 9 heteroatoms. The maximum Gasteiger partial charge on any atom is 0.338 e. The van der Waals surface area contributed by atoms with Crippen LogP contribution in [0.3, 0.4) is 0 Å². The van der Waals surface area contributed by atoms with Gasteiger partial charge >= 0.3 is 5.97 Å². The second kappa shape index (κ2) is 10.3. The summed E-state index contributed by atoms with van der Waals surface area (Å²) in [5.74, 6) is -0.536. The van der Waals surface area contributed by atoms with Gasteiger partial charge in [-0.1, -0.05) is 74.4 Å². The largest absolute Gasteiger partial charge is 0.463 e. The number of aromatic nitrogens is 1. The number of ether oxygens (including phenoxy) is 1. The van der Waals surface area contributed by atoms with E-state index in [1.807, 2.05) is 31.2 Å². The number of benzene rings is 2. The number of rotatable bonds is 6. The summed E-state index contributed by atoms with van der Waals surface area (Å²) in [4.78, 5) is 45.7. The number of anilines is 1. The molecule has 2 aromatic carbocycles. The van der Waals surface area contributed by atoms with E-state index < -0.39 is 12.0 Å². The molecule has 1 aromatic heterocycles. The molecule has 0 aliphatic carbocycles. The number of allylic oxidation sites excluding steroid dienone is 1. The molecular formula is C29H28ClN3O4S. The molecule has 2 aliphatic heterocycles. The van der Waals surface area contributed by atoms with Gasteiger partial charge < -0.3 is 10.1 Å². The van der Waals surface area contributed by atoms with E-state index in [1.165, 1.54) is 4.57 Å². The number of esters is 1. The molecule has 3 aromatic rings. The molecular weight excluding hydrogens is 522 g/mol. The Morgan fingerprint density at radius 3 is 2.55 bits per heavy atom. The average molecular weight is 550 g/mol. The number of hydrogen-bond donors (Lipinski definition) is 1. The van der Waals surface area contributed by atoms with Crippen molar-refractivity contribution in [1.29, 1.82) is 0 Å². The SMILES string of the molecule is CCCC1=C(C(=O)OCC)[C@H](c2ccc(C(C)C)cc2)n2c(s/c(=C3\C(=O)Nc4ccc(Cl)cc43)c2=O)=N1. The predicted molar refractivity (Wildman–Crippen MR) is 149 cm³/mol. The Bertz CT molecular complexity index is 1660. The van der Waals surface area contributed by atoms with Crippen LogP contribution in [0.2, 0.25) is 5.02 Å². The van der Waals surface area contributed by atoms with Gasteiger partial charge in [0.05, 0.1) is 29.5 Å². The zero-order chi connectivity index (χ0) is 27.1. The Kier molecular flexibility index (Phi) is 7.11. The van der Waals surface area contributed by atoms with Crippen molar-refractivity contribution in [3.8, 4) is 0 Å². The lowest BCUT2D eigenvalue weighted by Crippen LogP contribution is -2.40. The number of carbonyl (C=O) groups is 2. The van der Waals surface area contributed by atoms with E-state index in [0.29, 0.717) is 44.7 Å². The number of fused-ring (bicyclic) bond motifs is 2. The van der Waals surface area contributed by atoms with E-state index in [1.54, 1.807) is 25.1 Å². The lowest BCUT2D eigenvalue weighted by Gasteiger charge is -2.26. The van der Waals surface area contributed by atoms with Gasteiger partial charge in [-0.25, -0.2) is 9.79 Å². The van der Waals surface area contributed by atoms with Crippen molar-refractivity contribution in [2.75, 3.05) is 11.9 Å². The zero-order valence-corrected chi connectivity index (χ0v) is 23.2. The number of thiazole rings is 1. The summed E-state index contributed by atoms with van der Waals surface area (Å²) in [5, 5.41) is 3.28. The van der Waals surface area contributed by atoms with E-state index in [0.717, 1.165) is 28.9 Å². The Morgan fingerprint density at radius 2 is 1.89 bits per heavy atom. The van der Waals surface area contributed by atoms with Crippen molar-refractivity contribution in [3.05, 3.63) is 95.1 Å². The Hall–Kier alpha value is -3.49. The van der Waals surface area contributed by atoms with Crippen molar-refractivity contribution in [3.63, 3.8) is 0 Å². The summed E-state index contributed by atoms with van der Waals surface area (Å²) in [5.41, 5.74) is 3.92. The van der Waals surface area contributed by atoms with E-state index in [4.69, 9.17) is 21.3 Å². The molecule has 3 heterocycles. The van der Waals surface area contributed by atoms with E-state index >= 15 is 0 Å². The number of nitrogens with one attached hydrogen (secondary N) is 1. The van der Waals surface area contributed by atoms with Crippen LogP contribution in [0.5, 0.6) is 0 Å². The van der Waals surface area contributed by atoms with Gasteiger partial charge in [0.25, 0.3) is 11.5 Å². The smallest absolute Gasteiger partial charge is 0.338 e. The number of nitrogens with zero attached hydrogens (tertiary/aromatic N) is 2. The molecule has 0 radical (unpaired) electrons. The molecule has 0 saturated carbocycles. The number of amides is 1. The van der Waals surface area contributed by atoms with E-state index in [9.17, 15) is 14.4 Å². The summed E-state index contributed by atoms with van der Waals surface area (Å²) < 4.78 is 7.24. The molecule has 0 bridgehead atoms. The second-order valence-corrected chi connectivity index (χ2v) is 11.0.